The normalized spacial score (nSPS) is 21.6. The van der Waals surface area contributed by atoms with Gasteiger partial charge >= 0.3 is 0 Å². The largest absolute Gasteiger partial charge is 0.493 e. The van der Waals surface area contributed by atoms with Gasteiger partial charge in [-0.1, -0.05) is 30.3 Å². The number of carbonyl (C=O) groups is 2. The zero-order valence-electron chi connectivity index (χ0n) is 16.4. The Labute approximate surface area is 169 Å². The van der Waals surface area contributed by atoms with Crippen molar-refractivity contribution in [2.45, 2.75) is 18.8 Å². The van der Waals surface area contributed by atoms with Crippen molar-refractivity contribution in [3.8, 4) is 11.5 Å². The van der Waals surface area contributed by atoms with E-state index in [-0.39, 0.29) is 11.8 Å². The van der Waals surface area contributed by atoms with Crippen LogP contribution >= 0.6 is 0 Å². The van der Waals surface area contributed by atoms with Crippen molar-refractivity contribution in [3.63, 3.8) is 0 Å². The fourth-order valence-corrected chi connectivity index (χ4v) is 4.03. The average Bonchev–Trinajstić information content (AvgIpc) is 3.34. The van der Waals surface area contributed by atoms with Crippen molar-refractivity contribution < 1.29 is 19.1 Å². The number of aryl methyl sites for hydroxylation is 1. The van der Waals surface area contributed by atoms with E-state index >= 15 is 0 Å². The van der Waals surface area contributed by atoms with Crippen LogP contribution < -0.4 is 20.2 Å². The van der Waals surface area contributed by atoms with Gasteiger partial charge in [0.25, 0.3) is 5.91 Å². The highest BCUT2D eigenvalue weighted by Crippen LogP contribution is 2.35. The molecule has 0 spiro atoms. The lowest BCUT2D eigenvalue weighted by atomic mass is 9.88. The SMILES string of the molecule is COc1cc2c(cc1OC)/C(=N/NC(=O)C1C(=O)NCC1c1ccccc1)CC2. The topological polar surface area (TPSA) is 89.0 Å². The molecule has 1 aliphatic carbocycles. The maximum Gasteiger partial charge on any atom is 0.253 e. The van der Waals surface area contributed by atoms with Crippen LogP contribution in [0.1, 0.15) is 29.0 Å². The summed E-state index contributed by atoms with van der Waals surface area (Å²) < 4.78 is 10.7. The molecule has 2 aliphatic rings. The zero-order chi connectivity index (χ0) is 20.4. The average molecular weight is 393 g/mol. The lowest BCUT2D eigenvalue weighted by Gasteiger charge is -2.15. The van der Waals surface area contributed by atoms with Crippen LogP contribution in [0.15, 0.2) is 47.6 Å². The number of nitrogens with zero attached hydrogens (tertiary/aromatic N) is 1. The Balaban J connectivity index is 1.54. The van der Waals surface area contributed by atoms with Gasteiger partial charge in [0.1, 0.15) is 5.92 Å². The van der Waals surface area contributed by atoms with Gasteiger partial charge in [0.05, 0.1) is 19.9 Å². The van der Waals surface area contributed by atoms with Crippen LogP contribution in [0.25, 0.3) is 0 Å². The number of methoxy groups -OCH3 is 2. The number of hydrogen-bond acceptors (Lipinski definition) is 5. The fourth-order valence-electron chi connectivity index (χ4n) is 4.03. The van der Waals surface area contributed by atoms with Crippen LogP contribution in [0.5, 0.6) is 11.5 Å². The van der Waals surface area contributed by atoms with Crippen LogP contribution in [0.3, 0.4) is 0 Å². The van der Waals surface area contributed by atoms with Crippen molar-refractivity contribution in [2.75, 3.05) is 20.8 Å². The zero-order valence-corrected chi connectivity index (χ0v) is 16.4. The summed E-state index contributed by atoms with van der Waals surface area (Å²) in [7, 11) is 3.18. The Hall–Kier alpha value is -3.35. The number of fused-ring (bicyclic) bond motifs is 1. The molecule has 1 saturated heterocycles. The second-order valence-electron chi connectivity index (χ2n) is 7.14. The molecule has 4 rings (SSSR count). The predicted octanol–water partition coefficient (Wildman–Crippen LogP) is 2.00. The molecule has 2 amide bonds. The summed E-state index contributed by atoms with van der Waals surface area (Å²) in [6.07, 6.45) is 1.51. The number of amides is 2. The van der Waals surface area contributed by atoms with E-state index in [0.717, 1.165) is 28.8 Å². The number of ether oxygens (including phenoxy) is 2. The van der Waals surface area contributed by atoms with Gasteiger partial charge in [-0.25, -0.2) is 5.43 Å². The maximum absolute atomic E-state index is 12.8. The molecule has 7 heteroatoms. The van der Waals surface area contributed by atoms with E-state index in [9.17, 15) is 9.59 Å². The number of hydrazone groups is 1. The number of nitrogens with one attached hydrogen (secondary N) is 2. The lowest BCUT2D eigenvalue weighted by Crippen LogP contribution is -2.35. The Morgan fingerprint density at radius 1 is 1.10 bits per heavy atom. The van der Waals surface area contributed by atoms with Crippen molar-refractivity contribution in [2.24, 2.45) is 11.0 Å². The summed E-state index contributed by atoms with van der Waals surface area (Å²) in [5.74, 6) is -0.376. The monoisotopic (exact) mass is 393 g/mol. The fraction of sp³-hybridized carbons (Fsp3) is 0.318. The quantitative estimate of drug-likeness (QED) is 0.601. The number of benzene rings is 2. The van der Waals surface area contributed by atoms with Crippen LogP contribution in [0, 0.1) is 5.92 Å². The van der Waals surface area contributed by atoms with E-state index < -0.39 is 11.8 Å². The highest BCUT2D eigenvalue weighted by atomic mass is 16.5. The number of rotatable bonds is 5. The summed E-state index contributed by atoms with van der Waals surface area (Å²) in [4.78, 5) is 25.1. The van der Waals surface area contributed by atoms with Gasteiger partial charge in [0, 0.05) is 18.0 Å². The number of hydrogen-bond donors (Lipinski definition) is 2. The summed E-state index contributed by atoms with van der Waals surface area (Å²) >= 11 is 0. The van der Waals surface area contributed by atoms with Gasteiger partial charge in [-0.15, -0.1) is 0 Å². The first-order valence-corrected chi connectivity index (χ1v) is 9.56. The maximum atomic E-state index is 12.8. The van der Waals surface area contributed by atoms with Gasteiger partial charge in [0.15, 0.2) is 11.5 Å². The van der Waals surface area contributed by atoms with Crippen LogP contribution in [-0.2, 0) is 16.0 Å². The van der Waals surface area contributed by atoms with Crippen molar-refractivity contribution in [1.82, 2.24) is 10.7 Å². The molecule has 0 radical (unpaired) electrons. The molecule has 2 N–H and O–H groups in total. The first-order chi connectivity index (χ1) is 14.1. The lowest BCUT2D eigenvalue weighted by molar-refractivity contribution is -0.133. The van der Waals surface area contributed by atoms with Crippen molar-refractivity contribution in [3.05, 3.63) is 59.2 Å². The molecule has 1 heterocycles. The van der Waals surface area contributed by atoms with E-state index in [1.165, 1.54) is 0 Å². The van der Waals surface area contributed by atoms with E-state index in [0.29, 0.717) is 24.5 Å². The molecular formula is C22H23N3O4. The van der Waals surface area contributed by atoms with Crippen LogP contribution in [0.2, 0.25) is 0 Å². The molecule has 150 valence electrons. The molecule has 2 atom stereocenters. The minimum Gasteiger partial charge on any atom is -0.493 e. The second kappa shape index (κ2) is 7.95. The summed E-state index contributed by atoms with van der Waals surface area (Å²) in [6, 6.07) is 13.4. The Morgan fingerprint density at radius 2 is 1.83 bits per heavy atom. The molecule has 29 heavy (non-hydrogen) atoms. The van der Waals surface area contributed by atoms with E-state index in [1.54, 1.807) is 14.2 Å². The molecule has 1 fully saturated rings. The molecular weight excluding hydrogens is 370 g/mol. The third-order valence-electron chi connectivity index (χ3n) is 5.54. The molecule has 2 aromatic rings. The molecule has 0 bridgehead atoms. The summed E-state index contributed by atoms with van der Waals surface area (Å²) in [5, 5.41) is 7.14. The highest BCUT2D eigenvalue weighted by Gasteiger charge is 2.41. The van der Waals surface area contributed by atoms with Crippen LogP contribution in [0.4, 0.5) is 0 Å². The third-order valence-corrected chi connectivity index (χ3v) is 5.54. The van der Waals surface area contributed by atoms with E-state index in [4.69, 9.17) is 9.47 Å². The summed E-state index contributed by atoms with van der Waals surface area (Å²) in [6.45, 7) is 0.442. The van der Waals surface area contributed by atoms with E-state index in [1.807, 2.05) is 42.5 Å². The second-order valence-corrected chi connectivity index (χ2v) is 7.14. The van der Waals surface area contributed by atoms with Gasteiger partial charge in [-0.05, 0) is 36.1 Å². The smallest absolute Gasteiger partial charge is 0.253 e. The van der Waals surface area contributed by atoms with E-state index in [2.05, 4.69) is 15.8 Å². The Kier molecular flexibility index (Phi) is 5.20. The first kappa shape index (κ1) is 19.0. The Morgan fingerprint density at radius 3 is 2.55 bits per heavy atom. The minimum absolute atomic E-state index is 0.205. The molecule has 2 aromatic carbocycles. The van der Waals surface area contributed by atoms with Crippen molar-refractivity contribution >= 4 is 17.5 Å². The van der Waals surface area contributed by atoms with Gasteiger partial charge in [0.2, 0.25) is 5.91 Å². The van der Waals surface area contributed by atoms with Gasteiger partial charge in [-0.3, -0.25) is 9.59 Å². The molecule has 1 aliphatic heterocycles. The molecule has 7 nitrogen and oxygen atoms in total. The Bertz CT molecular complexity index is 972. The third kappa shape index (κ3) is 3.55. The first-order valence-electron chi connectivity index (χ1n) is 9.56. The van der Waals surface area contributed by atoms with Crippen LogP contribution in [-0.4, -0.2) is 38.3 Å². The predicted molar refractivity (Wildman–Crippen MR) is 108 cm³/mol. The highest BCUT2D eigenvalue weighted by molar-refractivity contribution is 6.07. The molecule has 0 saturated carbocycles. The van der Waals surface area contributed by atoms with Gasteiger partial charge in [-0.2, -0.15) is 5.10 Å². The standard InChI is InChI=1S/C22H23N3O4/c1-28-18-10-14-8-9-17(15(14)11-19(18)29-2)24-25-22(27)20-16(12-23-21(20)26)13-6-4-3-5-7-13/h3-7,10-11,16,20H,8-9,12H2,1-2H3,(H,23,26)(H,25,27)/b24-17+. The molecule has 0 aromatic heterocycles. The number of carbonyl (C=O) groups excluding carboxylic acids is 2. The molecule has 2 unspecified atom stereocenters. The van der Waals surface area contributed by atoms with Crippen molar-refractivity contribution in [1.29, 1.82) is 0 Å². The summed E-state index contributed by atoms with van der Waals surface area (Å²) in [5.41, 5.74) is 6.37. The van der Waals surface area contributed by atoms with Gasteiger partial charge < -0.3 is 14.8 Å². The minimum atomic E-state index is -0.798.